The van der Waals surface area contributed by atoms with Crippen molar-refractivity contribution in [1.29, 1.82) is 0 Å². The molecule has 0 spiro atoms. The normalized spacial score (nSPS) is 30.2. The molecule has 0 fully saturated rings. The summed E-state index contributed by atoms with van der Waals surface area (Å²) in [6.45, 7) is 8.57. The molecule has 1 aliphatic rings. The van der Waals surface area contributed by atoms with Crippen LogP contribution in [0.5, 0.6) is 0 Å². The van der Waals surface area contributed by atoms with Crippen LogP contribution in [-0.4, -0.2) is 18.1 Å². The smallest absolute Gasteiger partial charge is 0.134 e. The Bertz CT molecular complexity index is 200. The zero-order valence-corrected chi connectivity index (χ0v) is 7.55. The van der Waals surface area contributed by atoms with Crippen molar-refractivity contribution in [3.8, 4) is 0 Å². The molecule has 1 rings (SSSR count). The van der Waals surface area contributed by atoms with Crippen LogP contribution in [0.4, 0.5) is 0 Å². The van der Waals surface area contributed by atoms with E-state index in [-0.39, 0.29) is 11.0 Å². The quantitative estimate of drug-likeness (QED) is 0.561. The zero-order valence-electron chi connectivity index (χ0n) is 7.55. The van der Waals surface area contributed by atoms with Gasteiger partial charge >= 0.3 is 0 Å². The maximum absolute atomic E-state index is 4.02. The van der Waals surface area contributed by atoms with Gasteiger partial charge < -0.3 is 0 Å². The fourth-order valence-electron chi connectivity index (χ4n) is 0.769. The van der Waals surface area contributed by atoms with Gasteiger partial charge in [-0.2, -0.15) is 5.10 Å². The van der Waals surface area contributed by atoms with E-state index in [0.717, 1.165) is 0 Å². The Hall–Kier alpha value is -0.860. The highest BCUT2D eigenvalue weighted by molar-refractivity contribution is 5.81. The fraction of sp³-hybridized carbons (Fsp3) is 0.750. The van der Waals surface area contributed by atoms with Crippen LogP contribution in [0.15, 0.2) is 10.1 Å². The van der Waals surface area contributed by atoms with Crippen LogP contribution in [0.2, 0.25) is 0 Å². The summed E-state index contributed by atoms with van der Waals surface area (Å²) in [6.07, 6.45) is 3.42. The summed E-state index contributed by atoms with van der Waals surface area (Å²) < 4.78 is 0. The van der Waals surface area contributed by atoms with E-state index in [1.54, 1.807) is 0 Å². The van der Waals surface area contributed by atoms with Crippen LogP contribution in [0, 0.1) is 5.41 Å². The lowest BCUT2D eigenvalue weighted by Crippen LogP contribution is -2.52. The Labute approximate surface area is 67.6 Å². The molecule has 1 unspecified atom stereocenters. The molecule has 0 aliphatic carbocycles. The van der Waals surface area contributed by atoms with Gasteiger partial charge in [0.05, 0.1) is 5.54 Å². The maximum atomic E-state index is 4.02. The van der Waals surface area contributed by atoms with Gasteiger partial charge in [-0.1, -0.05) is 20.8 Å². The molecule has 0 saturated heterocycles. The average molecular weight is 153 g/mol. The van der Waals surface area contributed by atoms with Crippen molar-refractivity contribution in [2.75, 3.05) is 0 Å². The molecule has 0 bridgehead atoms. The minimum atomic E-state index is -0.123. The first-order valence-corrected chi connectivity index (χ1v) is 3.79. The molecule has 0 amide bonds. The SMILES string of the molecule is CC(C)(C)C1(C)C=NC=NN1. The van der Waals surface area contributed by atoms with Gasteiger partial charge in [-0.15, -0.1) is 0 Å². The molecule has 1 heterocycles. The molecule has 3 nitrogen and oxygen atoms in total. The lowest BCUT2D eigenvalue weighted by Gasteiger charge is -2.39. The lowest BCUT2D eigenvalue weighted by molar-refractivity contribution is 0.236. The molecule has 0 aromatic carbocycles. The predicted octanol–water partition coefficient (Wildman–Crippen LogP) is 1.41. The van der Waals surface area contributed by atoms with Crippen molar-refractivity contribution in [2.24, 2.45) is 15.5 Å². The number of rotatable bonds is 0. The maximum Gasteiger partial charge on any atom is 0.134 e. The van der Waals surface area contributed by atoms with Gasteiger partial charge in [0.25, 0.3) is 0 Å². The van der Waals surface area contributed by atoms with Gasteiger partial charge in [-0.3, -0.25) is 5.43 Å². The van der Waals surface area contributed by atoms with Crippen LogP contribution in [0.25, 0.3) is 0 Å². The second kappa shape index (κ2) is 2.32. The van der Waals surface area contributed by atoms with Gasteiger partial charge in [0.2, 0.25) is 0 Å². The first-order chi connectivity index (χ1) is 4.96. The van der Waals surface area contributed by atoms with Crippen molar-refractivity contribution in [3.05, 3.63) is 0 Å². The highest BCUT2D eigenvalue weighted by Gasteiger charge is 2.36. The lowest BCUT2D eigenvalue weighted by atomic mass is 9.76. The highest BCUT2D eigenvalue weighted by atomic mass is 15.4. The second-order valence-corrected chi connectivity index (χ2v) is 4.09. The van der Waals surface area contributed by atoms with E-state index in [1.807, 2.05) is 6.21 Å². The third-order valence-corrected chi connectivity index (χ3v) is 2.31. The molecule has 11 heavy (non-hydrogen) atoms. The van der Waals surface area contributed by atoms with E-state index < -0.39 is 0 Å². The number of hydrazone groups is 1. The first kappa shape index (κ1) is 8.24. The summed E-state index contributed by atoms with van der Waals surface area (Å²) in [5, 5.41) is 3.92. The average Bonchev–Trinajstić information content (AvgIpc) is 1.87. The summed E-state index contributed by atoms with van der Waals surface area (Å²) in [5.41, 5.74) is 3.07. The number of aliphatic imine (C=N–C) groups is 1. The number of hydrogen-bond acceptors (Lipinski definition) is 3. The molecule has 0 radical (unpaired) electrons. The standard InChI is InChI=1S/C8H15N3/c1-7(2,3)8(4)5-9-6-10-11-8/h5-6,11H,1-4H3. The summed E-state index contributed by atoms with van der Waals surface area (Å²) >= 11 is 0. The first-order valence-electron chi connectivity index (χ1n) is 3.79. The molecular weight excluding hydrogens is 138 g/mol. The predicted molar refractivity (Wildman–Crippen MR) is 48.0 cm³/mol. The molecule has 1 N–H and O–H groups in total. The third-order valence-electron chi connectivity index (χ3n) is 2.31. The van der Waals surface area contributed by atoms with E-state index in [1.165, 1.54) is 6.34 Å². The van der Waals surface area contributed by atoms with Crippen molar-refractivity contribution in [2.45, 2.75) is 33.2 Å². The molecule has 0 saturated carbocycles. The van der Waals surface area contributed by atoms with Gasteiger partial charge in [0, 0.05) is 6.21 Å². The minimum absolute atomic E-state index is 0.123. The largest absolute Gasteiger partial charge is 0.297 e. The van der Waals surface area contributed by atoms with E-state index in [2.05, 4.69) is 43.2 Å². The number of nitrogens with zero attached hydrogens (tertiary/aromatic N) is 2. The monoisotopic (exact) mass is 153 g/mol. The van der Waals surface area contributed by atoms with Crippen LogP contribution in [-0.2, 0) is 0 Å². The van der Waals surface area contributed by atoms with Gasteiger partial charge in [-0.25, -0.2) is 4.99 Å². The zero-order chi connectivity index (χ0) is 8.54. The summed E-state index contributed by atoms with van der Waals surface area (Å²) in [5.74, 6) is 0. The minimum Gasteiger partial charge on any atom is -0.297 e. The Kier molecular flexibility index (Phi) is 1.74. The van der Waals surface area contributed by atoms with Crippen LogP contribution >= 0.6 is 0 Å². The fourth-order valence-corrected chi connectivity index (χ4v) is 0.769. The Balaban J connectivity index is 2.84. The highest BCUT2D eigenvalue weighted by Crippen LogP contribution is 2.28. The Morgan fingerprint density at radius 2 is 2.00 bits per heavy atom. The summed E-state index contributed by atoms with van der Waals surface area (Å²) in [4.78, 5) is 4.02. The summed E-state index contributed by atoms with van der Waals surface area (Å²) in [7, 11) is 0. The van der Waals surface area contributed by atoms with E-state index in [0.29, 0.717) is 0 Å². The van der Waals surface area contributed by atoms with Crippen molar-refractivity contribution in [3.63, 3.8) is 0 Å². The molecule has 62 valence electrons. The second-order valence-electron chi connectivity index (χ2n) is 4.09. The molecule has 0 aromatic rings. The topological polar surface area (TPSA) is 36.8 Å². The van der Waals surface area contributed by atoms with Crippen molar-refractivity contribution < 1.29 is 0 Å². The molecular formula is C8H15N3. The number of nitrogens with one attached hydrogen (secondary N) is 1. The van der Waals surface area contributed by atoms with Crippen LogP contribution < -0.4 is 5.43 Å². The number of hydrogen-bond donors (Lipinski definition) is 1. The van der Waals surface area contributed by atoms with Crippen molar-refractivity contribution >= 4 is 12.6 Å². The van der Waals surface area contributed by atoms with Crippen LogP contribution in [0.1, 0.15) is 27.7 Å². The molecule has 3 heteroatoms. The van der Waals surface area contributed by atoms with Crippen molar-refractivity contribution in [1.82, 2.24) is 5.43 Å². The van der Waals surface area contributed by atoms with E-state index in [4.69, 9.17) is 0 Å². The molecule has 0 aromatic heterocycles. The Morgan fingerprint density at radius 3 is 2.27 bits per heavy atom. The van der Waals surface area contributed by atoms with Gasteiger partial charge in [0.1, 0.15) is 6.34 Å². The van der Waals surface area contributed by atoms with E-state index >= 15 is 0 Å². The third kappa shape index (κ3) is 1.42. The van der Waals surface area contributed by atoms with Gasteiger partial charge in [-0.05, 0) is 12.3 Å². The summed E-state index contributed by atoms with van der Waals surface area (Å²) in [6, 6.07) is 0. The molecule has 1 atom stereocenters. The molecule has 1 aliphatic heterocycles. The van der Waals surface area contributed by atoms with Gasteiger partial charge in [0.15, 0.2) is 0 Å². The van der Waals surface area contributed by atoms with E-state index in [9.17, 15) is 0 Å². The Morgan fingerprint density at radius 1 is 1.36 bits per heavy atom. The van der Waals surface area contributed by atoms with Crippen LogP contribution in [0.3, 0.4) is 0 Å².